The smallest absolute Gasteiger partial charge is 0.300 e. The van der Waals surface area contributed by atoms with E-state index in [-0.39, 0.29) is 18.6 Å². The lowest BCUT2D eigenvalue weighted by Crippen LogP contribution is -2.42. The van der Waals surface area contributed by atoms with Crippen LogP contribution in [0.4, 0.5) is 5.13 Å². The summed E-state index contributed by atoms with van der Waals surface area (Å²) in [5, 5.41) is 4.83. The molecule has 0 saturated carbocycles. The molecule has 0 aliphatic heterocycles. The second-order valence-corrected chi connectivity index (χ2v) is 6.90. The molecule has 0 aliphatic rings. The van der Waals surface area contributed by atoms with Crippen LogP contribution in [0.3, 0.4) is 0 Å². The lowest BCUT2D eigenvalue weighted by atomic mass is 10.2. The number of nitrogens with one attached hydrogen (secondary N) is 1. The first kappa shape index (κ1) is 17.8. The van der Waals surface area contributed by atoms with Crippen molar-refractivity contribution in [2.24, 2.45) is 0 Å². The Kier molecular flexibility index (Phi) is 4.81. The molecular weight excluding hydrogens is 378 g/mol. The molecule has 4 aromatic rings. The fourth-order valence-electron chi connectivity index (χ4n) is 2.89. The second-order valence-electron chi connectivity index (χ2n) is 6.00. The molecule has 1 N–H and O–H groups in total. The molecular formula is C19H15N5O3S. The summed E-state index contributed by atoms with van der Waals surface area (Å²) in [4.78, 5) is 46.4. The summed E-state index contributed by atoms with van der Waals surface area (Å²) >= 11 is 1.28. The van der Waals surface area contributed by atoms with Gasteiger partial charge in [-0.2, -0.15) is 0 Å². The average molecular weight is 393 g/mol. The highest BCUT2D eigenvalue weighted by Crippen LogP contribution is 2.11. The third kappa shape index (κ3) is 3.47. The maximum atomic E-state index is 13.1. The van der Waals surface area contributed by atoms with Gasteiger partial charge in [-0.1, -0.05) is 30.3 Å². The number of aromatic nitrogens is 4. The van der Waals surface area contributed by atoms with E-state index in [1.54, 1.807) is 23.7 Å². The Labute approximate surface area is 162 Å². The minimum Gasteiger partial charge on any atom is -0.300 e. The summed E-state index contributed by atoms with van der Waals surface area (Å²) in [5.41, 5.74) is 0.205. The quantitative estimate of drug-likeness (QED) is 0.556. The van der Waals surface area contributed by atoms with Gasteiger partial charge in [0.2, 0.25) is 5.91 Å². The monoisotopic (exact) mass is 393 g/mol. The molecule has 0 radical (unpaired) electrons. The van der Waals surface area contributed by atoms with Crippen LogP contribution < -0.4 is 16.6 Å². The number of pyridine rings is 1. The van der Waals surface area contributed by atoms with E-state index in [0.29, 0.717) is 10.6 Å². The SMILES string of the molecule is O=C(Cn1c(=O)n(Cc2ccccc2)c(=O)c2ncccc21)Nc1nccs1. The highest BCUT2D eigenvalue weighted by molar-refractivity contribution is 7.13. The predicted octanol–water partition coefficient (Wildman–Crippen LogP) is 1.70. The molecule has 4 rings (SSSR count). The maximum absolute atomic E-state index is 13.1. The van der Waals surface area contributed by atoms with Gasteiger partial charge in [-0.3, -0.25) is 18.7 Å². The van der Waals surface area contributed by atoms with Crippen LogP contribution in [0.25, 0.3) is 11.0 Å². The van der Waals surface area contributed by atoms with Crippen LogP contribution >= 0.6 is 11.3 Å². The number of rotatable bonds is 5. The van der Waals surface area contributed by atoms with Gasteiger partial charge in [0.15, 0.2) is 10.6 Å². The summed E-state index contributed by atoms with van der Waals surface area (Å²) in [7, 11) is 0. The number of hydrogen-bond donors (Lipinski definition) is 1. The Hall–Kier alpha value is -3.59. The van der Waals surface area contributed by atoms with Crippen LogP contribution in [0, 0.1) is 0 Å². The third-order valence-electron chi connectivity index (χ3n) is 4.15. The van der Waals surface area contributed by atoms with Crippen molar-refractivity contribution < 1.29 is 4.79 Å². The number of amides is 1. The average Bonchev–Trinajstić information content (AvgIpc) is 3.22. The predicted molar refractivity (Wildman–Crippen MR) is 107 cm³/mol. The minimum atomic E-state index is -0.566. The van der Waals surface area contributed by atoms with Gasteiger partial charge in [0, 0.05) is 17.8 Å². The highest BCUT2D eigenvalue weighted by Gasteiger charge is 2.16. The lowest BCUT2D eigenvalue weighted by Gasteiger charge is -2.13. The third-order valence-corrected chi connectivity index (χ3v) is 4.84. The van der Waals surface area contributed by atoms with Crippen LogP contribution in [0.15, 0.2) is 69.8 Å². The number of anilines is 1. The van der Waals surface area contributed by atoms with Crippen molar-refractivity contribution in [1.29, 1.82) is 0 Å². The Morgan fingerprint density at radius 2 is 1.82 bits per heavy atom. The summed E-state index contributed by atoms with van der Waals surface area (Å²) in [5.74, 6) is -0.410. The van der Waals surface area contributed by atoms with Gasteiger partial charge in [0.05, 0.1) is 12.1 Å². The zero-order valence-corrected chi connectivity index (χ0v) is 15.4. The molecule has 3 heterocycles. The Morgan fingerprint density at radius 1 is 1.00 bits per heavy atom. The first-order valence-corrected chi connectivity index (χ1v) is 9.33. The van der Waals surface area contributed by atoms with Gasteiger partial charge in [-0.15, -0.1) is 11.3 Å². The van der Waals surface area contributed by atoms with Crippen molar-refractivity contribution in [2.75, 3.05) is 5.32 Å². The number of benzene rings is 1. The maximum Gasteiger partial charge on any atom is 0.332 e. The van der Waals surface area contributed by atoms with Gasteiger partial charge < -0.3 is 5.32 Å². The number of thiazole rings is 1. The lowest BCUT2D eigenvalue weighted by molar-refractivity contribution is -0.116. The van der Waals surface area contributed by atoms with Crippen molar-refractivity contribution >= 4 is 33.4 Å². The van der Waals surface area contributed by atoms with Crippen molar-refractivity contribution in [3.63, 3.8) is 0 Å². The first-order chi connectivity index (χ1) is 13.6. The first-order valence-electron chi connectivity index (χ1n) is 8.45. The van der Waals surface area contributed by atoms with E-state index < -0.39 is 17.2 Å². The van der Waals surface area contributed by atoms with Gasteiger partial charge in [-0.05, 0) is 17.7 Å². The summed E-state index contributed by atoms with van der Waals surface area (Å²) in [6.07, 6.45) is 3.06. The van der Waals surface area contributed by atoms with Crippen molar-refractivity contribution in [3.05, 3.63) is 86.6 Å². The van der Waals surface area contributed by atoms with Crippen molar-refractivity contribution in [3.8, 4) is 0 Å². The van der Waals surface area contributed by atoms with E-state index in [1.165, 1.54) is 22.1 Å². The van der Waals surface area contributed by atoms with Gasteiger partial charge in [-0.25, -0.2) is 14.8 Å². The fraction of sp³-hybridized carbons (Fsp3) is 0.105. The van der Waals surface area contributed by atoms with E-state index in [2.05, 4.69) is 15.3 Å². The summed E-state index contributed by atoms with van der Waals surface area (Å²) in [6.45, 7) is -0.158. The van der Waals surface area contributed by atoms with Crippen LogP contribution in [-0.2, 0) is 17.9 Å². The van der Waals surface area contributed by atoms with E-state index in [9.17, 15) is 14.4 Å². The molecule has 3 aromatic heterocycles. The summed E-state index contributed by atoms with van der Waals surface area (Å²) < 4.78 is 2.36. The molecule has 0 unspecified atom stereocenters. The standard InChI is InChI=1S/C19H15N5O3S/c25-15(22-18-21-9-10-28-18)12-23-14-7-4-8-20-16(14)17(26)24(19(23)27)11-13-5-2-1-3-6-13/h1-10H,11-12H2,(H,21,22,25). The van der Waals surface area contributed by atoms with E-state index in [0.717, 1.165) is 10.1 Å². The van der Waals surface area contributed by atoms with Crippen LogP contribution in [-0.4, -0.2) is 25.0 Å². The largest absolute Gasteiger partial charge is 0.332 e. The number of nitrogens with zero attached hydrogens (tertiary/aromatic N) is 4. The number of fused-ring (bicyclic) bond motifs is 1. The van der Waals surface area contributed by atoms with Gasteiger partial charge in [0.1, 0.15) is 6.54 Å². The molecule has 0 aliphatic carbocycles. The van der Waals surface area contributed by atoms with Gasteiger partial charge in [0.25, 0.3) is 5.56 Å². The second kappa shape index (κ2) is 7.57. The number of carbonyl (C=O) groups excluding carboxylic acids is 1. The van der Waals surface area contributed by atoms with Gasteiger partial charge >= 0.3 is 5.69 Å². The summed E-state index contributed by atoms with van der Waals surface area (Å²) in [6, 6.07) is 12.4. The Morgan fingerprint density at radius 3 is 2.57 bits per heavy atom. The minimum absolute atomic E-state index is 0.0963. The molecule has 140 valence electrons. The molecule has 0 bridgehead atoms. The van der Waals surface area contributed by atoms with E-state index >= 15 is 0 Å². The molecule has 0 saturated heterocycles. The molecule has 1 amide bonds. The van der Waals surface area contributed by atoms with Crippen molar-refractivity contribution in [2.45, 2.75) is 13.1 Å². The Balaban J connectivity index is 1.79. The van der Waals surface area contributed by atoms with E-state index in [4.69, 9.17) is 0 Å². The molecule has 1 aromatic carbocycles. The molecule has 8 nitrogen and oxygen atoms in total. The Bertz CT molecular complexity index is 1250. The molecule has 0 fully saturated rings. The zero-order valence-electron chi connectivity index (χ0n) is 14.6. The molecule has 28 heavy (non-hydrogen) atoms. The number of hydrogen-bond acceptors (Lipinski definition) is 6. The van der Waals surface area contributed by atoms with Crippen molar-refractivity contribution in [1.82, 2.24) is 19.1 Å². The number of carbonyl (C=O) groups is 1. The topological polar surface area (TPSA) is 98.9 Å². The highest BCUT2D eigenvalue weighted by atomic mass is 32.1. The fourth-order valence-corrected chi connectivity index (χ4v) is 3.43. The zero-order chi connectivity index (χ0) is 19.5. The van der Waals surface area contributed by atoms with Crippen LogP contribution in [0.2, 0.25) is 0 Å². The molecule has 0 atom stereocenters. The van der Waals surface area contributed by atoms with E-state index in [1.807, 2.05) is 30.3 Å². The van der Waals surface area contributed by atoms with Crippen LogP contribution in [0.1, 0.15) is 5.56 Å². The van der Waals surface area contributed by atoms with Crippen LogP contribution in [0.5, 0.6) is 0 Å². The molecule has 0 spiro atoms. The normalized spacial score (nSPS) is 10.9. The molecule has 9 heteroatoms.